The zero-order valence-electron chi connectivity index (χ0n) is 13.2. The van der Waals surface area contributed by atoms with Gasteiger partial charge in [0.15, 0.2) is 0 Å². The first-order valence-electron chi connectivity index (χ1n) is 7.88. The largest absolute Gasteiger partial charge is 0.387 e. The fraction of sp³-hybridized carbons (Fsp3) is 0.529. The minimum atomic E-state index is -0.456. The Hall–Kier alpha value is -1.72. The van der Waals surface area contributed by atoms with Crippen molar-refractivity contribution in [3.63, 3.8) is 0 Å². The van der Waals surface area contributed by atoms with Gasteiger partial charge in [-0.1, -0.05) is 11.2 Å². The van der Waals surface area contributed by atoms with E-state index in [0.717, 1.165) is 49.6 Å². The van der Waals surface area contributed by atoms with E-state index in [2.05, 4.69) is 15.0 Å². The first kappa shape index (κ1) is 15.2. The molecule has 0 aromatic carbocycles. The first-order valence-corrected chi connectivity index (χ1v) is 7.88. The van der Waals surface area contributed by atoms with Crippen molar-refractivity contribution in [3.8, 4) is 0 Å². The lowest BCUT2D eigenvalue weighted by molar-refractivity contribution is 0.0538. The zero-order chi connectivity index (χ0) is 15.5. The average molecular weight is 301 g/mol. The number of hydrogen-bond acceptors (Lipinski definition) is 5. The Morgan fingerprint density at radius 2 is 2.09 bits per heavy atom. The van der Waals surface area contributed by atoms with Gasteiger partial charge in [0.05, 0.1) is 17.5 Å². The molecule has 5 heteroatoms. The van der Waals surface area contributed by atoms with E-state index < -0.39 is 6.10 Å². The van der Waals surface area contributed by atoms with Crippen LogP contribution in [0.3, 0.4) is 0 Å². The monoisotopic (exact) mass is 301 g/mol. The summed E-state index contributed by atoms with van der Waals surface area (Å²) in [5.74, 6) is 1.20. The van der Waals surface area contributed by atoms with Crippen molar-refractivity contribution in [2.45, 2.75) is 39.3 Å². The molecule has 1 atom stereocenters. The van der Waals surface area contributed by atoms with Crippen LogP contribution in [0.15, 0.2) is 28.9 Å². The molecule has 2 aromatic rings. The molecule has 0 amide bonds. The highest BCUT2D eigenvalue weighted by atomic mass is 16.5. The van der Waals surface area contributed by atoms with Crippen molar-refractivity contribution < 1.29 is 9.63 Å². The zero-order valence-corrected chi connectivity index (χ0v) is 13.2. The van der Waals surface area contributed by atoms with E-state index in [1.54, 1.807) is 6.20 Å². The van der Waals surface area contributed by atoms with Gasteiger partial charge in [-0.05, 0) is 57.8 Å². The summed E-state index contributed by atoms with van der Waals surface area (Å²) in [7, 11) is 0. The van der Waals surface area contributed by atoms with Crippen LogP contribution in [0.4, 0.5) is 0 Å². The van der Waals surface area contributed by atoms with Crippen LogP contribution in [0, 0.1) is 19.8 Å². The predicted octanol–water partition coefficient (Wildman–Crippen LogP) is 2.63. The van der Waals surface area contributed by atoms with Crippen molar-refractivity contribution in [2.75, 3.05) is 13.1 Å². The van der Waals surface area contributed by atoms with Gasteiger partial charge in [0.1, 0.15) is 5.76 Å². The fourth-order valence-electron chi connectivity index (χ4n) is 3.17. The Bertz CT molecular complexity index is 584. The lowest BCUT2D eigenvalue weighted by Gasteiger charge is -2.34. The van der Waals surface area contributed by atoms with Crippen LogP contribution in [0.1, 0.15) is 41.7 Å². The second-order valence-corrected chi connectivity index (χ2v) is 6.12. The van der Waals surface area contributed by atoms with Gasteiger partial charge in [0, 0.05) is 18.3 Å². The second kappa shape index (κ2) is 6.58. The maximum Gasteiger partial charge on any atom is 0.138 e. The summed E-state index contributed by atoms with van der Waals surface area (Å²) in [5.41, 5.74) is 2.96. The smallest absolute Gasteiger partial charge is 0.138 e. The number of rotatable bonds is 4. The van der Waals surface area contributed by atoms with Crippen molar-refractivity contribution in [1.29, 1.82) is 0 Å². The van der Waals surface area contributed by atoms with Crippen molar-refractivity contribution in [2.24, 2.45) is 5.92 Å². The molecule has 22 heavy (non-hydrogen) atoms. The van der Waals surface area contributed by atoms with Gasteiger partial charge >= 0.3 is 0 Å². The summed E-state index contributed by atoms with van der Waals surface area (Å²) in [5, 5.41) is 14.5. The summed E-state index contributed by atoms with van der Waals surface area (Å²) in [4.78, 5) is 6.68. The van der Waals surface area contributed by atoms with Crippen LogP contribution in [0.25, 0.3) is 0 Å². The molecule has 1 aliphatic heterocycles. The number of aryl methyl sites for hydroxylation is 2. The number of aliphatic hydroxyl groups excluding tert-OH is 1. The fourth-order valence-corrected chi connectivity index (χ4v) is 3.17. The lowest BCUT2D eigenvalue weighted by Crippen LogP contribution is -2.35. The first-order chi connectivity index (χ1) is 10.6. The SMILES string of the molecule is Cc1noc(C)c1CN1CCC([C@H](O)c2ccccn2)CC1. The van der Waals surface area contributed by atoms with Gasteiger partial charge in [-0.2, -0.15) is 0 Å². The van der Waals surface area contributed by atoms with E-state index in [1.165, 1.54) is 5.56 Å². The maximum atomic E-state index is 10.5. The van der Waals surface area contributed by atoms with E-state index in [4.69, 9.17) is 4.52 Å². The third-order valence-electron chi connectivity index (χ3n) is 4.63. The van der Waals surface area contributed by atoms with Gasteiger partial charge < -0.3 is 9.63 Å². The van der Waals surface area contributed by atoms with E-state index in [-0.39, 0.29) is 5.92 Å². The van der Waals surface area contributed by atoms with Gasteiger partial charge in [-0.25, -0.2) is 0 Å². The third-order valence-corrected chi connectivity index (χ3v) is 4.63. The molecule has 1 aliphatic rings. The van der Waals surface area contributed by atoms with Crippen LogP contribution < -0.4 is 0 Å². The number of aromatic nitrogens is 2. The summed E-state index contributed by atoms with van der Waals surface area (Å²) in [6.45, 7) is 6.81. The van der Waals surface area contributed by atoms with Crippen LogP contribution in [-0.4, -0.2) is 33.2 Å². The number of hydrogen-bond donors (Lipinski definition) is 1. The molecule has 1 N–H and O–H groups in total. The highest BCUT2D eigenvalue weighted by Crippen LogP contribution is 2.30. The number of likely N-dealkylation sites (tertiary alicyclic amines) is 1. The molecule has 0 unspecified atom stereocenters. The predicted molar refractivity (Wildman–Crippen MR) is 83.2 cm³/mol. The molecule has 118 valence electrons. The lowest BCUT2D eigenvalue weighted by atomic mass is 9.89. The topological polar surface area (TPSA) is 62.4 Å². The third kappa shape index (κ3) is 3.20. The quantitative estimate of drug-likeness (QED) is 0.940. The Morgan fingerprint density at radius 1 is 1.32 bits per heavy atom. The highest BCUT2D eigenvalue weighted by molar-refractivity contribution is 5.20. The van der Waals surface area contributed by atoms with Crippen LogP contribution in [-0.2, 0) is 6.54 Å². The molecule has 1 saturated heterocycles. The molecule has 0 bridgehead atoms. The normalized spacial score (nSPS) is 18.5. The van der Waals surface area contributed by atoms with Crippen LogP contribution in [0.5, 0.6) is 0 Å². The molecule has 0 radical (unpaired) electrons. The number of piperidine rings is 1. The van der Waals surface area contributed by atoms with E-state index in [9.17, 15) is 5.11 Å². The average Bonchev–Trinajstić information content (AvgIpc) is 2.88. The van der Waals surface area contributed by atoms with Crippen LogP contribution >= 0.6 is 0 Å². The van der Waals surface area contributed by atoms with E-state index in [0.29, 0.717) is 0 Å². The van der Waals surface area contributed by atoms with Gasteiger partial charge in [-0.15, -0.1) is 0 Å². The minimum absolute atomic E-state index is 0.288. The minimum Gasteiger partial charge on any atom is -0.387 e. The van der Waals surface area contributed by atoms with Crippen molar-refractivity contribution in [1.82, 2.24) is 15.0 Å². The second-order valence-electron chi connectivity index (χ2n) is 6.12. The van der Waals surface area contributed by atoms with Crippen molar-refractivity contribution in [3.05, 3.63) is 47.1 Å². The van der Waals surface area contributed by atoms with E-state index >= 15 is 0 Å². The van der Waals surface area contributed by atoms with Crippen molar-refractivity contribution >= 4 is 0 Å². The molecule has 0 spiro atoms. The molecule has 1 fully saturated rings. The summed E-state index contributed by atoms with van der Waals surface area (Å²) in [6.07, 6.45) is 3.26. The Morgan fingerprint density at radius 3 is 2.68 bits per heavy atom. The van der Waals surface area contributed by atoms with Gasteiger partial charge in [0.2, 0.25) is 0 Å². The molecule has 3 heterocycles. The summed E-state index contributed by atoms with van der Waals surface area (Å²) in [6, 6.07) is 5.71. The molecule has 0 aliphatic carbocycles. The highest BCUT2D eigenvalue weighted by Gasteiger charge is 2.27. The Kier molecular flexibility index (Phi) is 4.55. The van der Waals surface area contributed by atoms with E-state index in [1.807, 2.05) is 32.0 Å². The molecule has 0 saturated carbocycles. The standard InChI is InChI=1S/C17H23N3O2/c1-12-15(13(2)22-19-12)11-20-9-6-14(7-10-20)17(21)16-5-3-4-8-18-16/h3-5,8,14,17,21H,6-7,9-11H2,1-2H3/t17-/m0/s1. The molecule has 2 aromatic heterocycles. The number of pyridine rings is 1. The summed E-state index contributed by atoms with van der Waals surface area (Å²) < 4.78 is 5.23. The Balaban J connectivity index is 1.56. The number of nitrogens with zero attached hydrogens (tertiary/aromatic N) is 3. The maximum absolute atomic E-state index is 10.5. The van der Waals surface area contributed by atoms with Crippen LogP contribution in [0.2, 0.25) is 0 Å². The molecular weight excluding hydrogens is 278 g/mol. The molecule has 5 nitrogen and oxygen atoms in total. The van der Waals surface area contributed by atoms with Gasteiger partial charge in [0.25, 0.3) is 0 Å². The van der Waals surface area contributed by atoms with Gasteiger partial charge in [-0.3, -0.25) is 9.88 Å². The Labute approximate surface area is 131 Å². The summed E-state index contributed by atoms with van der Waals surface area (Å²) >= 11 is 0. The molecule has 3 rings (SSSR count). The molecular formula is C17H23N3O2. The number of aliphatic hydroxyl groups is 1.